The minimum absolute atomic E-state index is 0.0740. The van der Waals surface area contributed by atoms with Crippen LogP contribution in [-0.4, -0.2) is 58.6 Å². The molecule has 3 aromatic rings. The minimum Gasteiger partial charge on any atom is -0.497 e. The first kappa shape index (κ1) is 26.2. The number of carboxylic acids is 1. The smallest absolute Gasteiger partial charge is 0.303 e. The summed E-state index contributed by atoms with van der Waals surface area (Å²) in [5, 5.41) is 24.0. The number of aliphatic carboxylic acids is 1. The van der Waals surface area contributed by atoms with Crippen LogP contribution in [0.15, 0.2) is 46.1 Å². The van der Waals surface area contributed by atoms with Crippen LogP contribution < -0.4 is 4.74 Å². The number of thiophene rings is 1. The van der Waals surface area contributed by atoms with E-state index in [0.717, 1.165) is 49.1 Å². The molecule has 1 saturated heterocycles. The molecule has 3 unspecified atom stereocenters. The van der Waals surface area contributed by atoms with E-state index in [-0.39, 0.29) is 18.3 Å². The zero-order valence-electron chi connectivity index (χ0n) is 19.7. The van der Waals surface area contributed by atoms with Gasteiger partial charge in [-0.15, -0.1) is 23.1 Å². The number of methoxy groups -OCH3 is 1. The Morgan fingerprint density at radius 2 is 2.23 bits per heavy atom. The molecule has 9 heteroatoms. The van der Waals surface area contributed by atoms with Gasteiger partial charge in [-0.3, -0.25) is 9.78 Å². The number of aliphatic hydroxyl groups excluding tert-OH is 1. The number of aromatic nitrogens is 1. The molecule has 0 spiro atoms. The van der Waals surface area contributed by atoms with Crippen molar-refractivity contribution in [2.24, 2.45) is 11.8 Å². The SMILES string of the molecule is COc1ccc2ncc(Cl)c(C(O)CCC3CCN(CCSc4cccs4)CC3CC(=O)O)c2c1. The van der Waals surface area contributed by atoms with Crippen LogP contribution in [0.1, 0.15) is 37.4 Å². The van der Waals surface area contributed by atoms with Gasteiger partial charge in [-0.2, -0.15) is 0 Å². The highest BCUT2D eigenvalue weighted by atomic mass is 35.5. The molecule has 1 aliphatic heterocycles. The van der Waals surface area contributed by atoms with Crippen molar-refractivity contribution in [3.05, 3.63) is 52.5 Å². The van der Waals surface area contributed by atoms with Crippen LogP contribution in [0.2, 0.25) is 5.02 Å². The zero-order chi connectivity index (χ0) is 24.8. The van der Waals surface area contributed by atoms with Crippen molar-refractivity contribution in [3.8, 4) is 5.75 Å². The minimum atomic E-state index is -0.759. The number of benzene rings is 1. The lowest BCUT2D eigenvalue weighted by Gasteiger charge is -2.38. The number of fused-ring (bicyclic) bond motifs is 1. The molecule has 0 amide bonds. The number of piperidine rings is 1. The Balaban J connectivity index is 1.39. The first-order valence-corrected chi connectivity index (χ1v) is 14.1. The number of hydrogen-bond donors (Lipinski definition) is 2. The summed E-state index contributed by atoms with van der Waals surface area (Å²) in [4.78, 5) is 18.4. The number of aliphatic hydroxyl groups is 1. The second-order valence-electron chi connectivity index (χ2n) is 8.98. The number of likely N-dealkylation sites (tertiary alicyclic amines) is 1. The summed E-state index contributed by atoms with van der Waals surface area (Å²) < 4.78 is 6.66. The molecule has 1 fully saturated rings. The molecule has 0 aliphatic carbocycles. The molecular weight excluding hydrogens is 504 g/mol. The van der Waals surface area contributed by atoms with Gasteiger partial charge >= 0.3 is 5.97 Å². The van der Waals surface area contributed by atoms with E-state index >= 15 is 0 Å². The van der Waals surface area contributed by atoms with Crippen molar-refractivity contribution in [1.82, 2.24) is 9.88 Å². The number of thioether (sulfide) groups is 1. The van der Waals surface area contributed by atoms with Crippen molar-refractivity contribution >= 4 is 51.6 Å². The normalized spacial score (nSPS) is 19.6. The third-order valence-corrected chi connectivity index (χ3v) is 9.18. The molecule has 2 aromatic heterocycles. The standard InChI is InChI=1S/C26H31ClN2O4S2/c1-33-19-5-6-22-20(14-19)26(21(27)15-28-22)23(30)7-4-17-8-9-29(16-18(17)13-24(31)32)10-12-35-25-3-2-11-34-25/h2-3,5-6,11,14-15,17-18,23,30H,4,7-10,12-13,16H2,1H3,(H,31,32). The Bertz CT molecular complexity index is 1130. The largest absolute Gasteiger partial charge is 0.497 e. The summed E-state index contributed by atoms with van der Waals surface area (Å²) in [5.41, 5.74) is 1.41. The van der Waals surface area contributed by atoms with E-state index in [9.17, 15) is 15.0 Å². The average Bonchev–Trinajstić information content (AvgIpc) is 3.36. The van der Waals surface area contributed by atoms with Gasteiger partial charge in [0.05, 0.1) is 28.0 Å². The van der Waals surface area contributed by atoms with Crippen molar-refractivity contribution < 1.29 is 19.7 Å². The van der Waals surface area contributed by atoms with Gasteiger partial charge in [0.25, 0.3) is 0 Å². The molecule has 0 saturated carbocycles. The van der Waals surface area contributed by atoms with E-state index in [2.05, 4.69) is 27.4 Å². The Kier molecular flexibility index (Phi) is 9.30. The highest BCUT2D eigenvalue weighted by Crippen LogP contribution is 2.37. The van der Waals surface area contributed by atoms with Gasteiger partial charge in [-0.25, -0.2) is 0 Å². The summed E-state index contributed by atoms with van der Waals surface area (Å²) in [6.07, 6.45) is 3.19. The lowest BCUT2D eigenvalue weighted by atomic mass is 9.79. The molecule has 2 N–H and O–H groups in total. The third kappa shape index (κ3) is 6.89. The number of carboxylic acid groups (broad SMARTS) is 1. The van der Waals surface area contributed by atoms with E-state index in [4.69, 9.17) is 16.3 Å². The Morgan fingerprint density at radius 3 is 2.97 bits per heavy atom. The summed E-state index contributed by atoms with van der Waals surface area (Å²) in [6, 6.07) is 9.74. The Labute approximate surface area is 219 Å². The molecular formula is C26H31ClN2O4S2. The highest BCUT2D eigenvalue weighted by molar-refractivity contribution is 8.01. The van der Waals surface area contributed by atoms with Crippen LogP contribution in [0.25, 0.3) is 10.9 Å². The van der Waals surface area contributed by atoms with Crippen LogP contribution >= 0.6 is 34.7 Å². The maximum absolute atomic E-state index is 11.6. The van der Waals surface area contributed by atoms with Gasteiger partial charge in [0, 0.05) is 42.4 Å². The Morgan fingerprint density at radius 1 is 1.37 bits per heavy atom. The number of carbonyl (C=O) groups is 1. The topological polar surface area (TPSA) is 82.9 Å². The van der Waals surface area contributed by atoms with E-state index < -0.39 is 12.1 Å². The van der Waals surface area contributed by atoms with Gasteiger partial charge in [0.15, 0.2) is 0 Å². The van der Waals surface area contributed by atoms with Gasteiger partial charge in [0.2, 0.25) is 0 Å². The lowest BCUT2D eigenvalue weighted by molar-refractivity contribution is -0.139. The Hall–Kier alpha value is -1.84. The predicted octanol–water partition coefficient (Wildman–Crippen LogP) is 5.98. The van der Waals surface area contributed by atoms with E-state index in [1.165, 1.54) is 4.21 Å². The van der Waals surface area contributed by atoms with E-state index in [1.54, 1.807) is 24.6 Å². The van der Waals surface area contributed by atoms with Crippen LogP contribution in [0.4, 0.5) is 0 Å². The highest BCUT2D eigenvalue weighted by Gasteiger charge is 2.31. The molecule has 1 aliphatic rings. The van der Waals surface area contributed by atoms with Gasteiger partial charge in [-0.05, 0) is 67.3 Å². The maximum atomic E-state index is 11.6. The summed E-state index contributed by atoms with van der Waals surface area (Å²) in [7, 11) is 1.60. The second kappa shape index (κ2) is 12.4. The molecule has 188 valence electrons. The van der Waals surface area contributed by atoms with Crippen molar-refractivity contribution in [1.29, 1.82) is 0 Å². The molecule has 4 rings (SSSR count). The van der Waals surface area contributed by atoms with Crippen molar-refractivity contribution in [2.75, 3.05) is 32.5 Å². The molecule has 0 bridgehead atoms. The van der Waals surface area contributed by atoms with Gasteiger partial charge < -0.3 is 19.8 Å². The van der Waals surface area contributed by atoms with Gasteiger partial charge in [-0.1, -0.05) is 17.7 Å². The monoisotopic (exact) mass is 534 g/mol. The lowest BCUT2D eigenvalue weighted by Crippen LogP contribution is -2.42. The quantitative estimate of drug-likeness (QED) is 0.293. The molecule has 3 heterocycles. The second-order valence-corrected chi connectivity index (χ2v) is 11.7. The van der Waals surface area contributed by atoms with Crippen LogP contribution in [0, 0.1) is 11.8 Å². The number of hydrogen-bond acceptors (Lipinski definition) is 7. The van der Waals surface area contributed by atoms with Crippen LogP contribution in [0.5, 0.6) is 5.75 Å². The van der Waals surface area contributed by atoms with Crippen LogP contribution in [0.3, 0.4) is 0 Å². The number of rotatable bonds is 11. The molecule has 35 heavy (non-hydrogen) atoms. The fourth-order valence-corrected chi connectivity index (χ4v) is 7.10. The number of pyridine rings is 1. The number of halogens is 1. The van der Waals surface area contributed by atoms with E-state index in [1.807, 2.05) is 30.0 Å². The fourth-order valence-electron chi connectivity index (χ4n) is 4.97. The molecule has 1 aromatic carbocycles. The molecule has 3 atom stereocenters. The van der Waals surface area contributed by atoms with Crippen molar-refractivity contribution in [3.63, 3.8) is 0 Å². The summed E-state index contributed by atoms with van der Waals surface area (Å²) in [5.74, 6) is 1.25. The molecule has 6 nitrogen and oxygen atoms in total. The summed E-state index contributed by atoms with van der Waals surface area (Å²) in [6.45, 7) is 2.70. The third-order valence-electron chi connectivity index (χ3n) is 6.77. The summed E-state index contributed by atoms with van der Waals surface area (Å²) >= 11 is 10.1. The van der Waals surface area contributed by atoms with Crippen LogP contribution in [-0.2, 0) is 4.79 Å². The number of ether oxygens (including phenoxy) is 1. The zero-order valence-corrected chi connectivity index (χ0v) is 22.1. The maximum Gasteiger partial charge on any atom is 0.303 e. The number of nitrogens with zero attached hydrogens (tertiary/aromatic N) is 2. The van der Waals surface area contributed by atoms with Gasteiger partial charge in [0.1, 0.15) is 5.75 Å². The average molecular weight is 535 g/mol. The van der Waals surface area contributed by atoms with Crippen molar-refractivity contribution in [2.45, 2.75) is 36.0 Å². The predicted molar refractivity (Wildman–Crippen MR) is 143 cm³/mol. The molecule has 0 radical (unpaired) electrons. The first-order chi connectivity index (χ1) is 16.9. The first-order valence-electron chi connectivity index (χ1n) is 11.8. The van der Waals surface area contributed by atoms with E-state index in [0.29, 0.717) is 22.8 Å². The fraction of sp³-hybridized carbons (Fsp3) is 0.462.